The van der Waals surface area contributed by atoms with Crippen molar-refractivity contribution in [2.45, 2.75) is 13.1 Å². The molecule has 0 aliphatic rings. The SMILES string of the molecule is CN(C(=O)Cn1c(=O)n(Cc2ccc(F)cc2)c(=O)c2sccc21)c1cccc(Cl)c1. The Morgan fingerprint density at radius 1 is 1.10 bits per heavy atom. The summed E-state index contributed by atoms with van der Waals surface area (Å²) in [5.74, 6) is -0.749. The number of thiophene rings is 1. The fourth-order valence-electron chi connectivity index (χ4n) is 3.27. The van der Waals surface area contributed by atoms with Crippen LogP contribution in [0.1, 0.15) is 5.56 Å². The van der Waals surface area contributed by atoms with Crippen LogP contribution in [-0.2, 0) is 17.9 Å². The first kappa shape index (κ1) is 21.0. The van der Waals surface area contributed by atoms with E-state index < -0.39 is 17.1 Å². The van der Waals surface area contributed by atoms with E-state index in [1.807, 2.05) is 0 Å². The first-order valence-electron chi connectivity index (χ1n) is 9.32. The Balaban J connectivity index is 1.74. The van der Waals surface area contributed by atoms with Crippen molar-refractivity contribution in [3.8, 4) is 0 Å². The van der Waals surface area contributed by atoms with Crippen LogP contribution in [0.2, 0.25) is 5.02 Å². The van der Waals surface area contributed by atoms with Crippen molar-refractivity contribution >= 4 is 44.7 Å². The molecule has 31 heavy (non-hydrogen) atoms. The smallest absolute Gasteiger partial charge is 0.314 e. The number of likely N-dealkylation sites (N-methyl/N-ethyl adjacent to an activating group) is 1. The highest BCUT2D eigenvalue weighted by Gasteiger charge is 2.19. The van der Waals surface area contributed by atoms with Crippen LogP contribution in [0.3, 0.4) is 0 Å². The molecule has 6 nitrogen and oxygen atoms in total. The maximum atomic E-state index is 13.2. The number of hydrogen-bond acceptors (Lipinski definition) is 4. The van der Waals surface area contributed by atoms with Crippen LogP contribution in [0.5, 0.6) is 0 Å². The highest BCUT2D eigenvalue weighted by atomic mass is 35.5. The first-order valence-corrected chi connectivity index (χ1v) is 10.6. The van der Waals surface area contributed by atoms with E-state index in [1.165, 1.54) is 45.1 Å². The van der Waals surface area contributed by atoms with Gasteiger partial charge >= 0.3 is 5.69 Å². The zero-order valence-corrected chi connectivity index (χ0v) is 18.0. The van der Waals surface area contributed by atoms with E-state index in [9.17, 15) is 18.8 Å². The molecule has 9 heteroatoms. The molecule has 0 unspecified atom stereocenters. The minimum absolute atomic E-state index is 0.0237. The van der Waals surface area contributed by atoms with Crippen LogP contribution in [0.25, 0.3) is 10.2 Å². The standard InChI is InChI=1S/C22H17ClFN3O3S/c1-25(17-4-2-3-15(23)11-17)19(28)13-26-18-9-10-31-20(18)21(29)27(22(26)30)12-14-5-7-16(24)8-6-14/h2-11H,12-13H2,1H3. The van der Waals surface area contributed by atoms with E-state index in [0.717, 1.165) is 4.57 Å². The molecule has 158 valence electrons. The molecule has 0 bridgehead atoms. The molecule has 0 aliphatic heterocycles. The third-order valence-electron chi connectivity index (χ3n) is 4.95. The van der Waals surface area contributed by atoms with Gasteiger partial charge in [-0.15, -0.1) is 11.3 Å². The second-order valence-electron chi connectivity index (χ2n) is 6.95. The second kappa shape index (κ2) is 8.49. The number of fused-ring (bicyclic) bond motifs is 1. The van der Waals surface area contributed by atoms with Gasteiger partial charge in [-0.05, 0) is 47.3 Å². The lowest BCUT2D eigenvalue weighted by Gasteiger charge is -2.19. The average molecular weight is 458 g/mol. The highest BCUT2D eigenvalue weighted by Crippen LogP contribution is 2.20. The Labute approximate surface area is 185 Å². The Morgan fingerprint density at radius 3 is 2.55 bits per heavy atom. The summed E-state index contributed by atoms with van der Waals surface area (Å²) in [6.07, 6.45) is 0. The summed E-state index contributed by atoms with van der Waals surface area (Å²) in [4.78, 5) is 40.4. The zero-order valence-electron chi connectivity index (χ0n) is 16.4. The van der Waals surface area contributed by atoms with Crippen molar-refractivity contribution in [2.75, 3.05) is 11.9 Å². The van der Waals surface area contributed by atoms with E-state index in [1.54, 1.807) is 42.8 Å². The predicted octanol–water partition coefficient (Wildman–Crippen LogP) is 3.73. The van der Waals surface area contributed by atoms with Crippen LogP contribution in [0.4, 0.5) is 10.1 Å². The molecule has 4 rings (SSSR count). The van der Waals surface area contributed by atoms with Crippen molar-refractivity contribution in [2.24, 2.45) is 0 Å². The number of nitrogens with zero attached hydrogens (tertiary/aromatic N) is 3. The number of amides is 1. The summed E-state index contributed by atoms with van der Waals surface area (Å²) >= 11 is 7.22. The summed E-state index contributed by atoms with van der Waals surface area (Å²) in [6, 6.07) is 14.0. The molecule has 1 amide bonds. The van der Waals surface area contributed by atoms with Crippen molar-refractivity contribution in [3.63, 3.8) is 0 Å². The molecular weight excluding hydrogens is 441 g/mol. The van der Waals surface area contributed by atoms with Crippen molar-refractivity contribution in [1.82, 2.24) is 9.13 Å². The lowest BCUT2D eigenvalue weighted by atomic mass is 10.2. The van der Waals surface area contributed by atoms with E-state index in [0.29, 0.717) is 26.5 Å². The number of aromatic nitrogens is 2. The van der Waals surface area contributed by atoms with Gasteiger partial charge in [0.05, 0.1) is 12.1 Å². The molecule has 2 aromatic carbocycles. The van der Waals surface area contributed by atoms with E-state index >= 15 is 0 Å². The molecule has 0 atom stereocenters. The van der Waals surface area contributed by atoms with Gasteiger partial charge in [0.15, 0.2) is 0 Å². The highest BCUT2D eigenvalue weighted by molar-refractivity contribution is 7.17. The van der Waals surface area contributed by atoms with E-state index in [4.69, 9.17) is 11.6 Å². The molecule has 0 radical (unpaired) electrons. The minimum Gasteiger partial charge on any atom is -0.314 e. The number of hydrogen-bond donors (Lipinski definition) is 0. The molecular formula is C22H17ClFN3O3S. The van der Waals surface area contributed by atoms with Gasteiger partial charge in [0.25, 0.3) is 5.56 Å². The maximum absolute atomic E-state index is 13.2. The molecule has 0 N–H and O–H groups in total. The number of benzene rings is 2. The Kier molecular flexibility index (Phi) is 5.75. The van der Waals surface area contributed by atoms with Crippen LogP contribution in [0.15, 0.2) is 69.6 Å². The second-order valence-corrected chi connectivity index (χ2v) is 8.31. The lowest BCUT2D eigenvalue weighted by Crippen LogP contribution is -2.42. The summed E-state index contributed by atoms with van der Waals surface area (Å²) in [6.45, 7) is -0.275. The summed E-state index contributed by atoms with van der Waals surface area (Å²) < 4.78 is 16.0. The molecule has 2 heterocycles. The molecule has 0 saturated carbocycles. The van der Waals surface area contributed by atoms with E-state index in [-0.39, 0.29) is 19.0 Å². The maximum Gasteiger partial charge on any atom is 0.332 e. The zero-order chi connectivity index (χ0) is 22.1. The number of rotatable bonds is 5. The van der Waals surface area contributed by atoms with Gasteiger partial charge in [0, 0.05) is 17.8 Å². The third kappa shape index (κ3) is 4.17. The quantitative estimate of drug-likeness (QED) is 0.458. The number of halogens is 2. The van der Waals surface area contributed by atoms with Gasteiger partial charge in [0.2, 0.25) is 5.91 Å². The van der Waals surface area contributed by atoms with Gasteiger partial charge in [-0.1, -0.05) is 29.8 Å². The van der Waals surface area contributed by atoms with Crippen LogP contribution in [-0.4, -0.2) is 22.1 Å². The molecule has 0 spiro atoms. The number of carbonyl (C=O) groups is 1. The normalized spacial score (nSPS) is 11.1. The number of carbonyl (C=O) groups excluding carboxylic acids is 1. The van der Waals surface area contributed by atoms with Gasteiger partial charge in [-0.25, -0.2) is 9.18 Å². The van der Waals surface area contributed by atoms with Gasteiger partial charge in [0.1, 0.15) is 17.1 Å². The lowest BCUT2D eigenvalue weighted by molar-refractivity contribution is -0.118. The Bertz CT molecular complexity index is 1390. The molecule has 0 saturated heterocycles. The molecule has 0 fully saturated rings. The average Bonchev–Trinajstić information content (AvgIpc) is 3.25. The molecule has 4 aromatic rings. The third-order valence-corrected chi connectivity index (χ3v) is 6.08. The first-order chi connectivity index (χ1) is 14.8. The predicted molar refractivity (Wildman–Crippen MR) is 121 cm³/mol. The summed E-state index contributed by atoms with van der Waals surface area (Å²) in [5, 5.41) is 2.19. The van der Waals surface area contributed by atoms with Crippen molar-refractivity contribution in [3.05, 3.63) is 97.2 Å². The van der Waals surface area contributed by atoms with Gasteiger partial charge < -0.3 is 4.90 Å². The van der Waals surface area contributed by atoms with Crippen LogP contribution >= 0.6 is 22.9 Å². The van der Waals surface area contributed by atoms with Gasteiger partial charge in [-0.3, -0.25) is 18.7 Å². The number of anilines is 1. The summed E-state index contributed by atoms with van der Waals surface area (Å²) in [7, 11) is 1.60. The Hall–Kier alpha value is -3.23. The van der Waals surface area contributed by atoms with Crippen molar-refractivity contribution in [1.29, 1.82) is 0 Å². The molecule has 2 aromatic heterocycles. The van der Waals surface area contributed by atoms with Crippen molar-refractivity contribution < 1.29 is 9.18 Å². The Morgan fingerprint density at radius 2 is 1.84 bits per heavy atom. The monoisotopic (exact) mass is 457 g/mol. The van der Waals surface area contributed by atoms with Crippen LogP contribution < -0.4 is 16.1 Å². The van der Waals surface area contributed by atoms with Crippen LogP contribution in [0, 0.1) is 5.82 Å². The summed E-state index contributed by atoms with van der Waals surface area (Å²) in [5.41, 5.74) is 0.555. The fourth-order valence-corrected chi connectivity index (χ4v) is 4.30. The molecule has 0 aliphatic carbocycles. The van der Waals surface area contributed by atoms with Gasteiger partial charge in [-0.2, -0.15) is 0 Å². The van der Waals surface area contributed by atoms with E-state index in [2.05, 4.69) is 0 Å². The fraction of sp³-hybridized carbons (Fsp3) is 0.136. The minimum atomic E-state index is -0.604. The topological polar surface area (TPSA) is 64.3 Å². The largest absolute Gasteiger partial charge is 0.332 e.